The number of likely N-dealkylation sites (tertiary alicyclic amines) is 1. The van der Waals surface area contributed by atoms with E-state index >= 15 is 0 Å². The first-order valence-electron chi connectivity index (χ1n) is 7.08. The van der Waals surface area contributed by atoms with Gasteiger partial charge in [-0.2, -0.15) is 0 Å². The van der Waals surface area contributed by atoms with E-state index in [4.69, 9.17) is 17.3 Å². The molecule has 2 atom stereocenters. The monoisotopic (exact) mass is 299 g/mol. The van der Waals surface area contributed by atoms with Crippen LogP contribution in [0.25, 0.3) is 0 Å². The molecule has 3 nitrogen and oxygen atoms in total. The quantitative estimate of drug-likeness (QED) is 0.907. The van der Waals surface area contributed by atoms with Crippen LogP contribution in [0.15, 0.2) is 18.2 Å². The molecule has 2 N–H and O–H groups in total. The van der Waals surface area contributed by atoms with Crippen LogP contribution >= 0.6 is 11.6 Å². The summed E-state index contributed by atoms with van der Waals surface area (Å²) >= 11 is 5.83. The van der Waals surface area contributed by atoms with Gasteiger partial charge in [0, 0.05) is 29.7 Å². The third-order valence-corrected chi connectivity index (χ3v) is 4.18. The molecule has 1 aromatic rings. The Labute approximate surface area is 125 Å². The minimum atomic E-state index is -0.261. The average molecular weight is 300 g/mol. The first-order chi connectivity index (χ1) is 9.52. The topological polar surface area (TPSA) is 32.5 Å². The van der Waals surface area contributed by atoms with E-state index in [0.717, 1.165) is 25.9 Å². The predicted octanol–water partition coefficient (Wildman–Crippen LogP) is 2.50. The maximum atomic E-state index is 14.2. The molecule has 2 unspecified atom stereocenters. The molecule has 0 amide bonds. The minimum absolute atomic E-state index is 0.0697. The van der Waals surface area contributed by atoms with Crippen LogP contribution in [-0.4, -0.2) is 49.6 Å². The smallest absolute Gasteiger partial charge is 0.129 e. The standard InChI is InChI=1S/C15H23ClFN3/c1-19(2)10-12-4-3-7-20(12)15(9-18)13-6-5-11(16)8-14(13)17/h5-6,8,12,15H,3-4,7,9-10,18H2,1-2H3. The summed E-state index contributed by atoms with van der Waals surface area (Å²) in [7, 11) is 4.13. The van der Waals surface area contributed by atoms with Crippen LogP contribution in [0.2, 0.25) is 5.02 Å². The van der Waals surface area contributed by atoms with Crippen molar-refractivity contribution < 1.29 is 4.39 Å². The predicted molar refractivity (Wildman–Crippen MR) is 81.5 cm³/mol. The second kappa shape index (κ2) is 6.85. The fourth-order valence-corrected chi connectivity index (χ4v) is 3.26. The molecule has 112 valence electrons. The molecule has 1 fully saturated rings. The van der Waals surface area contributed by atoms with E-state index in [0.29, 0.717) is 23.2 Å². The molecule has 0 aliphatic carbocycles. The van der Waals surface area contributed by atoms with Crippen molar-refractivity contribution in [2.24, 2.45) is 5.73 Å². The first-order valence-corrected chi connectivity index (χ1v) is 7.46. The van der Waals surface area contributed by atoms with E-state index in [9.17, 15) is 4.39 Å². The lowest BCUT2D eigenvalue weighted by Gasteiger charge is -2.34. The molecule has 1 aromatic carbocycles. The summed E-state index contributed by atoms with van der Waals surface area (Å²) in [5.74, 6) is -0.261. The Balaban J connectivity index is 2.22. The molecule has 1 heterocycles. The zero-order valence-corrected chi connectivity index (χ0v) is 12.9. The number of benzene rings is 1. The number of rotatable bonds is 5. The average Bonchev–Trinajstić information content (AvgIpc) is 2.80. The van der Waals surface area contributed by atoms with Gasteiger partial charge in [0.1, 0.15) is 5.82 Å². The fraction of sp³-hybridized carbons (Fsp3) is 0.600. The van der Waals surface area contributed by atoms with Crippen LogP contribution in [0.1, 0.15) is 24.4 Å². The highest BCUT2D eigenvalue weighted by atomic mass is 35.5. The van der Waals surface area contributed by atoms with E-state index in [1.807, 2.05) is 0 Å². The van der Waals surface area contributed by atoms with Crippen LogP contribution in [0.3, 0.4) is 0 Å². The van der Waals surface area contributed by atoms with Gasteiger partial charge in [-0.25, -0.2) is 4.39 Å². The van der Waals surface area contributed by atoms with Gasteiger partial charge in [0.25, 0.3) is 0 Å². The number of hydrogen-bond acceptors (Lipinski definition) is 3. The molecular weight excluding hydrogens is 277 g/mol. The molecule has 1 aliphatic rings. The highest BCUT2D eigenvalue weighted by Crippen LogP contribution is 2.31. The number of halogens is 2. The Hall–Kier alpha value is -0.680. The molecule has 20 heavy (non-hydrogen) atoms. The maximum absolute atomic E-state index is 14.2. The number of nitrogens with two attached hydrogens (primary N) is 1. The van der Waals surface area contributed by atoms with Crippen molar-refractivity contribution in [3.05, 3.63) is 34.6 Å². The Morgan fingerprint density at radius 3 is 2.85 bits per heavy atom. The van der Waals surface area contributed by atoms with E-state index in [1.54, 1.807) is 12.1 Å². The van der Waals surface area contributed by atoms with E-state index in [2.05, 4.69) is 23.9 Å². The summed E-state index contributed by atoms with van der Waals surface area (Å²) in [6.07, 6.45) is 2.29. The third kappa shape index (κ3) is 3.50. The van der Waals surface area contributed by atoms with Gasteiger partial charge in [-0.15, -0.1) is 0 Å². The van der Waals surface area contributed by atoms with Gasteiger partial charge in [0.05, 0.1) is 6.04 Å². The van der Waals surface area contributed by atoms with Crippen molar-refractivity contribution in [3.63, 3.8) is 0 Å². The lowest BCUT2D eigenvalue weighted by molar-refractivity contribution is 0.153. The largest absolute Gasteiger partial charge is 0.329 e. The number of hydrogen-bond donors (Lipinski definition) is 1. The molecule has 0 saturated carbocycles. The van der Waals surface area contributed by atoms with Gasteiger partial charge in [-0.1, -0.05) is 17.7 Å². The second-order valence-electron chi connectivity index (χ2n) is 5.71. The van der Waals surface area contributed by atoms with Crippen LogP contribution in [0, 0.1) is 5.82 Å². The minimum Gasteiger partial charge on any atom is -0.329 e. The Morgan fingerprint density at radius 2 is 2.25 bits per heavy atom. The maximum Gasteiger partial charge on any atom is 0.129 e. The second-order valence-corrected chi connectivity index (χ2v) is 6.15. The van der Waals surface area contributed by atoms with Crippen molar-refractivity contribution >= 4 is 11.6 Å². The van der Waals surface area contributed by atoms with Gasteiger partial charge in [0.15, 0.2) is 0 Å². The summed E-state index contributed by atoms with van der Waals surface area (Å²) < 4.78 is 14.2. The fourth-order valence-electron chi connectivity index (χ4n) is 3.10. The van der Waals surface area contributed by atoms with Crippen LogP contribution in [-0.2, 0) is 0 Å². The third-order valence-electron chi connectivity index (χ3n) is 3.94. The van der Waals surface area contributed by atoms with Crippen LogP contribution in [0.4, 0.5) is 4.39 Å². The lowest BCUT2D eigenvalue weighted by Crippen LogP contribution is -2.42. The Bertz CT molecular complexity index is 453. The first kappa shape index (κ1) is 15.7. The van der Waals surface area contributed by atoms with E-state index in [-0.39, 0.29) is 11.9 Å². The van der Waals surface area contributed by atoms with Crippen molar-refractivity contribution in [2.45, 2.75) is 24.9 Å². The summed E-state index contributed by atoms with van der Waals surface area (Å²) in [6.45, 7) is 2.37. The van der Waals surface area contributed by atoms with Crippen molar-refractivity contribution in [3.8, 4) is 0 Å². The lowest BCUT2D eigenvalue weighted by atomic mass is 10.0. The van der Waals surface area contributed by atoms with Gasteiger partial charge in [-0.05, 0) is 45.6 Å². The summed E-state index contributed by atoms with van der Waals surface area (Å²) in [5, 5.41) is 0.424. The van der Waals surface area contributed by atoms with E-state index in [1.165, 1.54) is 6.07 Å². The molecule has 0 spiro atoms. The van der Waals surface area contributed by atoms with Gasteiger partial charge in [-0.3, -0.25) is 4.90 Å². The zero-order valence-electron chi connectivity index (χ0n) is 12.1. The van der Waals surface area contributed by atoms with Crippen molar-refractivity contribution in [1.29, 1.82) is 0 Å². The highest BCUT2D eigenvalue weighted by molar-refractivity contribution is 6.30. The molecule has 1 saturated heterocycles. The summed E-state index contributed by atoms with van der Waals surface area (Å²) in [4.78, 5) is 4.51. The van der Waals surface area contributed by atoms with E-state index < -0.39 is 0 Å². The van der Waals surface area contributed by atoms with Crippen LogP contribution < -0.4 is 5.73 Å². The summed E-state index contributed by atoms with van der Waals surface area (Å²) in [6, 6.07) is 5.24. The summed E-state index contributed by atoms with van der Waals surface area (Å²) in [5.41, 5.74) is 6.58. The molecule has 1 aliphatic heterocycles. The normalized spacial score (nSPS) is 21.6. The Kier molecular flexibility index (Phi) is 5.38. The molecular formula is C15H23ClFN3. The van der Waals surface area contributed by atoms with Gasteiger partial charge < -0.3 is 10.6 Å². The molecule has 5 heteroatoms. The molecule has 0 radical (unpaired) electrons. The number of likely N-dealkylation sites (N-methyl/N-ethyl adjacent to an activating group) is 1. The van der Waals surface area contributed by atoms with Crippen molar-refractivity contribution in [2.75, 3.05) is 33.7 Å². The molecule has 2 rings (SSSR count). The molecule has 0 bridgehead atoms. The van der Waals surface area contributed by atoms with Crippen LogP contribution in [0.5, 0.6) is 0 Å². The van der Waals surface area contributed by atoms with Crippen molar-refractivity contribution in [1.82, 2.24) is 9.80 Å². The molecule has 0 aromatic heterocycles. The van der Waals surface area contributed by atoms with Gasteiger partial charge >= 0.3 is 0 Å². The number of nitrogens with zero attached hydrogens (tertiary/aromatic N) is 2. The van der Waals surface area contributed by atoms with Gasteiger partial charge in [0.2, 0.25) is 0 Å². The Morgan fingerprint density at radius 1 is 1.50 bits per heavy atom. The zero-order chi connectivity index (χ0) is 14.7. The highest BCUT2D eigenvalue weighted by Gasteiger charge is 2.32. The SMILES string of the molecule is CN(C)CC1CCCN1C(CN)c1ccc(Cl)cc1F.